The quantitative estimate of drug-likeness (QED) is 0.900. The molecule has 0 spiro atoms. The van der Waals surface area contributed by atoms with Crippen LogP contribution in [0.3, 0.4) is 0 Å². The van der Waals surface area contributed by atoms with E-state index in [1.54, 1.807) is 49.4 Å². The zero-order chi connectivity index (χ0) is 13.8. The van der Waals surface area contributed by atoms with Crippen molar-refractivity contribution >= 4 is 23.2 Å². The van der Waals surface area contributed by atoms with Crippen LogP contribution in [0, 0.1) is 0 Å². The Morgan fingerprint density at radius 1 is 1.00 bits per heavy atom. The van der Waals surface area contributed by atoms with Crippen LogP contribution >= 0.6 is 23.2 Å². The number of rotatable bonds is 4. The van der Waals surface area contributed by atoms with Gasteiger partial charge in [-0.25, -0.2) is 0 Å². The Morgan fingerprint density at radius 2 is 1.63 bits per heavy atom. The first-order valence-corrected chi connectivity index (χ1v) is 6.67. The van der Waals surface area contributed by atoms with Crippen molar-refractivity contribution in [2.75, 3.05) is 0 Å². The van der Waals surface area contributed by atoms with E-state index in [2.05, 4.69) is 0 Å². The first-order valence-electron chi connectivity index (χ1n) is 5.92. The molecule has 0 aliphatic heterocycles. The van der Waals surface area contributed by atoms with Crippen LogP contribution in [0.25, 0.3) is 0 Å². The van der Waals surface area contributed by atoms with E-state index in [-0.39, 0.29) is 0 Å². The van der Waals surface area contributed by atoms with Gasteiger partial charge in [0.2, 0.25) is 0 Å². The SMILES string of the molecule is CC(Oc1cccc(Cl)c1)C(O)c1cccc(Cl)c1. The molecule has 0 saturated heterocycles. The van der Waals surface area contributed by atoms with Gasteiger partial charge in [-0.2, -0.15) is 0 Å². The van der Waals surface area contributed by atoms with Gasteiger partial charge in [0.05, 0.1) is 0 Å². The standard InChI is InChI=1S/C15H14Cl2O2/c1-10(19-14-7-3-6-13(17)9-14)15(18)11-4-2-5-12(16)8-11/h2-10,15,18H,1H3. The molecular formula is C15H14Cl2O2. The van der Waals surface area contributed by atoms with Crippen LogP contribution in [0.2, 0.25) is 10.0 Å². The van der Waals surface area contributed by atoms with Gasteiger partial charge >= 0.3 is 0 Å². The number of benzene rings is 2. The molecule has 0 saturated carbocycles. The number of hydrogen-bond donors (Lipinski definition) is 1. The van der Waals surface area contributed by atoms with Crippen molar-refractivity contribution in [2.24, 2.45) is 0 Å². The van der Waals surface area contributed by atoms with Crippen molar-refractivity contribution in [3.05, 3.63) is 64.1 Å². The molecule has 4 heteroatoms. The summed E-state index contributed by atoms with van der Waals surface area (Å²) in [5.41, 5.74) is 0.724. The Kier molecular flexibility index (Phi) is 4.70. The van der Waals surface area contributed by atoms with E-state index >= 15 is 0 Å². The molecule has 0 aromatic heterocycles. The van der Waals surface area contributed by atoms with Crippen LogP contribution in [0.15, 0.2) is 48.5 Å². The Morgan fingerprint density at radius 3 is 2.26 bits per heavy atom. The maximum atomic E-state index is 10.2. The van der Waals surface area contributed by atoms with Gasteiger partial charge in [0.1, 0.15) is 18.0 Å². The third kappa shape index (κ3) is 3.87. The Bertz CT molecular complexity index is 557. The van der Waals surface area contributed by atoms with Crippen molar-refractivity contribution in [1.29, 1.82) is 0 Å². The van der Waals surface area contributed by atoms with Crippen LogP contribution in [0.4, 0.5) is 0 Å². The summed E-state index contributed by atoms with van der Waals surface area (Å²) in [7, 11) is 0. The lowest BCUT2D eigenvalue weighted by atomic mass is 10.1. The van der Waals surface area contributed by atoms with E-state index < -0.39 is 12.2 Å². The molecule has 0 fully saturated rings. The summed E-state index contributed by atoms with van der Waals surface area (Å²) in [6.45, 7) is 1.80. The predicted molar refractivity (Wildman–Crippen MR) is 78.0 cm³/mol. The van der Waals surface area contributed by atoms with Gasteiger partial charge in [0.25, 0.3) is 0 Å². The lowest BCUT2D eigenvalue weighted by Crippen LogP contribution is -2.21. The minimum Gasteiger partial charge on any atom is -0.488 e. The van der Waals surface area contributed by atoms with Crippen molar-refractivity contribution in [3.8, 4) is 5.75 Å². The van der Waals surface area contributed by atoms with Crippen LogP contribution in [-0.2, 0) is 0 Å². The largest absolute Gasteiger partial charge is 0.488 e. The van der Waals surface area contributed by atoms with Gasteiger partial charge < -0.3 is 9.84 Å². The maximum absolute atomic E-state index is 10.2. The molecule has 2 aromatic rings. The topological polar surface area (TPSA) is 29.5 Å². The summed E-state index contributed by atoms with van der Waals surface area (Å²) in [6.07, 6.45) is -1.16. The molecule has 2 rings (SSSR count). The highest BCUT2D eigenvalue weighted by atomic mass is 35.5. The maximum Gasteiger partial charge on any atom is 0.126 e. The van der Waals surface area contributed by atoms with Crippen LogP contribution in [0.5, 0.6) is 5.75 Å². The molecule has 1 N–H and O–H groups in total. The van der Waals surface area contributed by atoms with Gasteiger partial charge in [0.15, 0.2) is 0 Å². The Balaban J connectivity index is 2.09. The van der Waals surface area contributed by atoms with Gasteiger partial charge in [0, 0.05) is 10.0 Å². The molecule has 0 amide bonds. The number of halogens is 2. The molecule has 0 heterocycles. The van der Waals surface area contributed by atoms with E-state index in [1.165, 1.54) is 0 Å². The molecule has 0 radical (unpaired) electrons. The van der Waals surface area contributed by atoms with E-state index in [0.717, 1.165) is 5.56 Å². The van der Waals surface area contributed by atoms with Crippen molar-refractivity contribution in [1.82, 2.24) is 0 Å². The summed E-state index contributed by atoms with van der Waals surface area (Å²) in [5.74, 6) is 0.626. The number of ether oxygens (including phenoxy) is 1. The third-order valence-electron chi connectivity index (χ3n) is 2.75. The summed E-state index contributed by atoms with van der Waals surface area (Å²) in [5, 5.41) is 11.4. The average molecular weight is 297 g/mol. The van der Waals surface area contributed by atoms with Gasteiger partial charge in [-0.3, -0.25) is 0 Å². The minimum absolute atomic E-state index is 0.406. The molecule has 0 aliphatic rings. The normalized spacial score (nSPS) is 13.9. The molecule has 2 nitrogen and oxygen atoms in total. The van der Waals surface area contributed by atoms with Crippen LogP contribution < -0.4 is 4.74 Å². The Labute approximate surface area is 122 Å². The van der Waals surface area contributed by atoms with Gasteiger partial charge in [-0.1, -0.05) is 41.4 Å². The highest BCUT2D eigenvalue weighted by Gasteiger charge is 2.18. The molecule has 0 bridgehead atoms. The zero-order valence-electron chi connectivity index (χ0n) is 10.4. The molecule has 2 atom stereocenters. The second kappa shape index (κ2) is 6.29. The lowest BCUT2D eigenvalue weighted by molar-refractivity contribution is 0.0468. The molecule has 100 valence electrons. The summed E-state index contributed by atoms with van der Waals surface area (Å²) < 4.78 is 5.67. The van der Waals surface area contributed by atoms with Crippen molar-refractivity contribution < 1.29 is 9.84 Å². The first kappa shape index (κ1) is 14.2. The summed E-state index contributed by atoms with van der Waals surface area (Å²) >= 11 is 11.8. The summed E-state index contributed by atoms with van der Waals surface area (Å²) in [4.78, 5) is 0. The van der Waals surface area contributed by atoms with Gasteiger partial charge in [-0.05, 0) is 42.8 Å². The van der Waals surface area contributed by atoms with Gasteiger partial charge in [-0.15, -0.1) is 0 Å². The number of hydrogen-bond acceptors (Lipinski definition) is 2. The second-order valence-electron chi connectivity index (χ2n) is 4.28. The highest BCUT2D eigenvalue weighted by Crippen LogP contribution is 2.25. The molecule has 19 heavy (non-hydrogen) atoms. The minimum atomic E-state index is -0.752. The number of aliphatic hydroxyl groups is 1. The molecule has 2 aromatic carbocycles. The fourth-order valence-corrected chi connectivity index (χ4v) is 2.16. The van der Waals surface area contributed by atoms with E-state index in [9.17, 15) is 5.11 Å². The van der Waals surface area contributed by atoms with E-state index in [4.69, 9.17) is 27.9 Å². The molecular weight excluding hydrogens is 283 g/mol. The Hall–Kier alpha value is -1.22. The smallest absolute Gasteiger partial charge is 0.126 e. The zero-order valence-corrected chi connectivity index (χ0v) is 11.9. The number of aliphatic hydroxyl groups excluding tert-OH is 1. The predicted octanol–water partition coefficient (Wildman–Crippen LogP) is 4.49. The molecule has 2 unspecified atom stereocenters. The highest BCUT2D eigenvalue weighted by molar-refractivity contribution is 6.30. The summed E-state index contributed by atoms with van der Waals surface area (Å²) in [6, 6.07) is 14.2. The monoisotopic (exact) mass is 296 g/mol. The first-order chi connectivity index (χ1) is 9.06. The van der Waals surface area contributed by atoms with Crippen LogP contribution in [-0.4, -0.2) is 11.2 Å². The average Bonchev–Trinajstić information content (AvgIpc) is 2.38. The lowest BCUT2D eigenvalue weighted by Gasteiger charge is -2.21. The van der Waals surface area contributed by atoms with Crippen LogP contribution in [0.1, 0.15) is 18.6 Å². The molecule has 0 aliphatic carbocycles. The van der Waals surface area contributed by atoms with Crippen molar-refractivity contribution in [3.63, 3.8) is 0 Å². The fourth-order valence-electron chi connectivity index (χ4n) is 1.78. The second-order valence-corrected chi connectivity index (χ2v) is 5.15. The van der Waals surface area contributed by atoms with Crippen molar-refractivity contribution in [2.45, 2.75) is 19.1 Å². The van der Waals surface area contributed by atoms with E-state index in [0.29, 0.717) is 15.8 Å². The third-order valence-corrected chi connectivity index (χ3v) is 3.22. The fraction of sp³-hybridized carbons (Fsp3) is 0.200. The van der Waals surface area contributed by atoms with E-state index in [1.807, 2.05) is 6.07 Å².